The van der Waals surface area contributed by atoms with Gasteiger partial charge in [0.2, 0.25) is 0 Å². The van der Waals surface area contributed by atoms with E-state index in [2.05, 4.69) is 43.9 Å². The standard InChI is InChI=1S/C22H21ClFIN4O2/c1-12-5-17(19(24)20(12)30)28-22-16(8-26-11-27-22)21(31)14-7-18(23)29(10-14)9-13-3-2-4-15(25)6-13/h2-4,6-8,10-12,17,19-20,30H,5,9H2,1H3,(H,26,27,28)/t12-,17-,19-,20-/m1/s1. The van der Waals surface area contributed by atoms with Gasteiger partial charge in [-0.05, 0) is 58.7 Å². The van der Waals surface area contributed by atoms with E-state index in [0.717, 1.165) is 9.13 Å². The highest BCUT2D eigenvalue weighted by Gasteiger charge is 2.41. The Morgan fingerprint density at radius 3 is 2.94 bits per heavy atom. The van der Waals surface area contributed by atoms with Gasteiger partial charge in [0.15, 0.2) is 5.78 Å². The average molecular weight is 555 g/mol. The molecule has 2 aromatic heterocycles. The molecule has 6 nitrogen and oxygen atoms in total. The van der Waals surface area contributed by atoms with E-state index in [9.17, 15) is 14.3 Å². The molecule has 162 valence electrons. The average Bonchev–Trinajstić information content (AvgIpc) is 3.22. The van der Waals surface area contributed by atoms with E-state index in [1.807, 2.05) is 18.2 Å². The highest BCUT2D eigenvalue weighted by molar-refractivity contribution is 14.1. The van der Waals surface area contributed by atoms with Crippen LogP contribution in [0.1, 0.15) is 34.8 Å². The third-order valence-electron chi connectivity index (χ3n) is 5.55. The van der Waals surface area contributed by atoms with E-state index in [4.69, 9.17) is 11.6 Å². The summed E-state index contributed by atoms with van der Waals surface area (Å²) in [5, 5.41) is 13.3. The van der Waals surface area contributed by atoms with Crippen molar-refractivity contribution in [3.8, 4) is 0 Å². The fraction of sp³-hybridized carbons (Fsp3) is 0.318. The summed E-state index contributed by atoms with van der Waals surface area (Å²) in [4.78, 5) is 21.3. The summed E-state index contributed by atoms with van der Waals surface area (Å²) in [6.45, 7) is 2.32. The zero-order valence-electron chi connectivity index (χ0n) is 16.7. The van der Waals surface area contributed by atoms with E-state index in [1.54, 1.807) is 23.8 Å². The number of aliphatic hydroxyl groups is 1. The molecule has 3 aromatic rings. The van der Waals surface area contributed by atoms with Crippen LogP contribution >= 0.6 is 34.2 Å². The van der Waals surface area contributed by atoms with Gasteiger partial charge in [0.25, 0.3) is 0 Å². The molecule has 2 heterocycles. The smallest absolute Gasteiger partial charge is 0.199 e. The molecule has 0 spiro atoms. The van der Waals surface area contributed by atoms with E-state index >= 15 is 0 Å². The van der Waals surface area contributed by atoms with Gasteiger partial charge in [-0.15, -0.1) is 0 Å². The minimum absolute atomic E-state index is 0.178. The third kappa shape index (κ3) is 4.75. The number of benzene rings is 1. The van der Waals surface area contributed by atoms with Gasteiger partial charge in [-0.25, -0.2) is 14.4 Å². The van der Waals surface area contributed by atoms with Crippen molar-refractivity contribution in [2.75, 3.05) is 5.32 Å². The zero-order chi connectivity index (χ0) is 22.1. The molecule has 4 atom stereocenters. The first-order valence-corrected chi connectivity index (χ1v) is 11.3. The van der Waals surface area contributed by atoms with Crippen LogP contribution in [0.2, 0.25) is 5.15 Å². The van der Waals surface area contributed by atoms with Crippen LogP contribution in [0.25, 0.3) is 0 Å². The minimum atomic E-state index is -1.43. The Kier molecular flexibility index (Phi) is 6.59. The molecule has 0 amide bonds. The predicted octanol–water partition coefficient (Wildman–Crippen LogP) is 4.33. The molecule has 1 aromatic carbocycles. The molecule has 1 aliphatic carbocycles. The highest BCUT2D eigenvalue weighted by atomic mass is 127. The second-order valence-corrected chi connectivity index (χ2v) is 9.46. The zero-order valence-corrected chi connectivity index (χ0v) is 19.6. The van der Waals surface area contributed by atoms with Crippen molar-refractivity contribution in [3.05, 3.63) is 74.5 Å². The Labute approximate surface area is 198 Å². The van der Waals surface area contributed by atoms with Crippen molar-refractivity contribution >= 4 is 45.8 Å². The van der Waals surface area contributed by atoms with Gasteiger partial charge in [-0.2, -0.15) is 0 Å². The van der Waals surface area contributed by atoms with E-state index < -0.39 is 18.3 Å². The fourth-order valence-corrected chi connectivity index (χ4v) is 4.69. The van der Waals surface area contributed by atoms with Gasteiger partial charge < -0.3 is 15.0 Å². The van der Waals surface area contributed by atoms with Crippen LogP contribution in [0.5, 0.6) is 0 Å². The van der Waals surface area contributed by atoms with Crippen molar-refractivity contribution in [2.24, 2.45) is 5.92 Å². The van der Waals surface area contributed by atoms with Gasteiger partial charge >= 0.3 is 0 Å². The first kappa shape index (κ1) is 22.2. The SMILES string of the molecule is C[C@@H]1C[C@@H](Nc2ncncc2C(=O)c2cc(Cl)n(Cc3cccc(I)c3)c2)[C@@H](F)[C@@H]1O. The molecular formula is C22H21ClFIN4O2. The number of aliphatic hydroxyl groups excluding tert-OH is 1. The molecule has 0 bridgehead atoms. The molecule has 9 heteroatoms. The fourth-order valence-electron chi connectivity index (χ4n) is 3.86. The quantitative estimate of drug-likeness (QED) is 0.350. The molecular weight excluding hydrogens is 534 g/mol. The third-order valence-corrected chi connectivity index (χ3v) is 6.54. The summed E-state index contributed by atoms with van der Waals surface area (Å²) in [6.07, 6.45) is 2.38. The summed E-state index contributed by atoms with van der Waals surface area (Å²) in [5.41, 5.74) is 1.69. The number of halogens is 3. The van der Waals surface area contributed by atoms with E-state index in [1.165, 1.54) is 12.5 Å². The molecule has 31 heavy (non-hydrogen) atoms. The number of nitrogens with one attached hydrogen (secondary N) is 1. The lowest BCUT2D eigenvalue weighted by molar-refractivity contribution is 0.0725. The number of alkyl halides is 1. The maximum absolute atomic E-state index is 14.4. The van der Waals surface area contributed by atoms with Gasteiger partial charge in [-0.3, -0.25) is 4.79 Å². The van der Waals surface area contributed by atoms with Crippen LogP contribution in [0.3, 0.4) is 0 Å². The van der Waals surface area contributed by atoms with Crippen LogP contribution in [-0.2, 0) is 6.54 Å². The second kappa shape index (κ2) is 9.22. The molecule has 1 fully saturated rings. The predicted molar refractivity (Wildman–Crippen MR) is 125 cm³/mol. The molecule has 0 saturated heterocycles. The summed E-state index contributed by atoms with van der Waals surface area (Å²) >= 11 is 8.63. The van der Waals surface area contributed by atoms with E-state index in [-0.39, 0.29) is 23.1 Å². The van der Waals surface area contributed by atoms with Crippen molar-refractivity contribution < 1.29 is 14.3 Å². The molecule has 2 N–H and O–H groups in total. The normalized spacial score (nSPS) is 23.1. The number of aromatic nitrogens is 3. The monoisotopic (exact) mass is 554 g/mol. The van der Waals surface area contributed by atoms with Crippen molar-refractivity contribution in [1.82, 2.24) is 14.5 Å². The first-order valence-electron chi connectivity index (χ1n) is 9.87. The van der Waals surface area contributed by atoms with Crippen LogP contribution in [0.15, 0.2) is 49.1 Å². The lowest BCUT2D eigenvalue weighted by atomic mass is 10.1. The maximum Gasteiger partial charge on any atom is 0.199 e. The second-order valence-electron chi connectivity index (χ2n) is 7.82. The Morgan fingerprint density at radius 2 is 2.23 bits per heavy atom. The Hall–Kier alpha value is -2.04. The van der Waals surface area contributed by atoms with Crippen molar-refractivity contribution in [2.45, 2.75) is 38.2 Å². The van der Waals surface area contributed by atoms with Crippen LogP contribution in [-0.4, -0.2) is 43.7 Å². The number of carbonyl (C=O) groups is 1. The summed E-state index contributed by atoms with van der Waals surface area (Å²) in [6, 6.07) is 9.01. The Morgan fingerprint density at radius 1 is 1.42 bits per heavy atom. The van der Waals surface area contributed by atoms with Crippen molar-refractivity contribution in [3.63, 3.8) is 0 Å². The Balaban J connectivity index is 1.57. The number of nitrogens with zero attached hydrogens (tertiary/aromatic N) is 3. The number of hydrogen-bond donors (Lipinski definition) is 2. The molecule has 1 saturated carbocycles. The first-order chi connectivity index (χ1) is 14.8. The minimum Gasteiger partial charge on any atom is -0.390 e. The number of rotatable bonds is 6. The number of anilines is 1. The lowest BCUT2D eigenvalue weighted by Gasteiger charge is -2.18. The molecule has 0 radical (unpaired) electrons. The largest absolute Gasteiger partial charge is 0.390 e. The highest BCUT2D eigenvalue weighted by Crippen LogP contribution is 2.31. The van der Waals surface area contributed by atoms with Gasteiger partial charge in [0, 0.05) is 28.1 Å². The van der Waals surface area contributed by atoms with Gasteiger partial charge in [0.05, 0.1) is 17.7 Å². The number of ketones is 1. The topological polar surface area (TPSA) is 80.0 Å². The van der Waals surface area contributed by atoms with Crippen molar-refractivity contribution in [1.29, 1.82) is 0 Å². The summed E-state index contributed by atoms with van der Waals surface area (Å²) in [7, 11) is 0. The van der Waals surface area contributed by atoms with Gasteiger partial charge in [0.1, 0.15) is 23.5 Å². The summed E-state index contributed by atoms with van der Waals surface area (Å²) in [5.74, 6) is -0.244. The molecule has 1 aliphatic rings. The van der Waals surface area contributed by atoms with E-state index in [0.29, 0.717) is 23.7 Å². The lowest BCUT2D eigenvalue weighted by Crippen LogP contribution is -2.32. The van der Waals surface area contributed by atoms with Crippen LogP contribution in [0.4, 0.5) is 10.2 Å². The van der Waals surface area contributed by atoms with Crippen LogP contribution in [0, 0.1) is 9.49 Å². The van der Waals surface area contributed by atoms with Crippen LogP contribution < -0.4 is 5.32 Å². The molecule has 0 aliphatic heterocycles. The number of carbonyl (C=O) groups excluding carboxylic acids is 1. The maximum atomic E-state index is 14.4. The molecule has 4 rings (SSSR count). The summed E-state index contributed by atoms with van der Waals surface area (Å²) < 4.78 is 17.3. The number of hydrogen-bond acceptors (Lipinski definition) is 5. The van der Waals surface area contributed by atoms with Gasteiger partial charge in [-0.1, -0.05) is 30.7 Å². The Bertz CT molecular complexity index is 1110. The molecule has 0 unspecified atom stereocenters.